The molecule has 13 heavy (non-hydrogen) atoms. The molecule has 0 aromatic carbocycles. The quantitative estimate of drug-likeness (QED) is 0.765. The van der Waals surface area contributed by atoms with E-state index in [2.05, 4.69) is 18.4 Å². The van der Waals surface area contributed by atoms with Crippen molar-refractivity contribution in [2.75, 3.05) is 0 Å². The molecule has 1 aromatic rings. The molecule has 1 aliphatic carbocycles. The first kappa shape index (κ1) is 9.50. The molecular weight excluding hydrogens is 202 g/mol. The Morgan fingerprint density at radius 1 is 1.54 bits per heavy atom. The van der Waals surface area contributed by atoms with Crippen molar-refractivity contribution >= 4 is 22.9 Å². The smallest absolute Gasteiger partial charge is 0.0963 e. The Kier molecular flexibility index (Phi) is 2.63. The van der Waals surface area contributed by atoms with Crippen LogP contribution in [-0.4, -0.2) is 6.04 Å². The Morgan fingerprint density at radius 3 is 2.77 bits per heavy atom. The van der Waals surface area contributed by atoms with Crippen molar-refractivity contribution in [3.63, 3.8) is 0 Å². The van der Waals surface area contributed by atoms with Crippen molar-refractivity contribution in [3.05, 3.63) is 21.3 Å². The van der Waals surface area contributed by atoms with Crippen molar-refractivity contribution in [1.29, 1.82) is 0 Å². The van der Waals surface area contributed by atoms with Gasteiger partial charge in [-0.05, 0) is 41.7 Å². The molecule has 1 nitrogen and oxygen atoms in total. The van der Waals surface area contributed by atoms with Gasteiger partial charge in [0.15, 0.2) is 0 Å². The molecule has 3 heteroatoms. The van der Waals surface area contributed by atoms with Crippen LogP contribution in [0.5, 0.6) is 0 Å². The topological polar surface area (TPSA) is 26.0 Å². The summed E-state index contributed by atoms with van der Waals surface area (Å²) in [5.41, 5.74) is 7.30. The molecule has 3 atom stereocenters. The summed E-state index contributed by atoms with van der Waals surface area (Å²) in [7, 11) is 0. The standard InChI is InChI=1S/C10H14ClNS/c1-6-7(2-3-9(6)12)8-4-5-13-10(8)11/h4-7,9H,2-3,12H2,1H3. The molecule has 3 unspecified atom stereocenters. The van der Waals surface area contributed by atoms with Crippen molar-refractivity contribution in [2.45, 2.75) is 31.7 Å². The fourth-order valence-electron chi connectivity index (χ4n) is 2.20. The second-order valence-corrected chi connectivity index (χ2v) is 5.37. The normalized spacial score (nSPS) is 33.9. The zero-order chi connectivity index (χ0) is 9.42. The third-order valence-electron chi connectivity index (χ3n) is 3.17. The summed E-state index contributed by atoms with van der Waals surface area (Å²) < 4.78 is 0.950. The van der Waals surface area contributed by atoms with Gasteiger partial charge in [-0.25, -0.2) is 0 Å². The third-order valence-corrected chi connectivity index (χ3v) is 4.37. The molecule has 2 rings (SSSR count). The molecule has 0 spiro atoms. The van der Waals surface area contributed by atoms with Gasteiger partial charge in [-0.1, -0.05) is 18.5 Å². The maximum atomic E-state index is 6.11. The van der Waals surface area contributed by atoms with E-state index in [0.717, 1.165) is 10.8 Å². The lowest BCUT2D eigenvalue weighted by molar-refractivity contribution is 0.480. The number of hydrogen-bond donors (Lipinski definition) is 1. The van der Waals surface area contributed by atoms with Gasteiger partial charge in [0.05, 0.1) is 4.34 Å². The first-order valence-corrected chi connectivity index (χ1v) is 5.94. The van der Waals surface area contributed by atoms with Gasteiger partial charge in [0.1, 0.15) is 0 Å². The average molecular weight is 216 g/mol. The lowest BCUT2D eigenvalue weighted by Crippen LogP contribution is -2.24. The molecule has 1 saturated carbocycles. The van der Waals surface area contributed by atoms with E-state index in [4.69, 9.17) is 17.3 Å². The van der Waals surface area contributed by atoms with E-state index in [-0.39, 0.29) is 0 Å². The molecule has 72 valence electrons. The maximum Gasteiger partial charge on any atom is 0.0963 e. The minimum atomic E-state index is 0.362. The molecule has 1 fully saturated rings. The molecule has 0 bridgehead atoms. The van der Waals surface area contributed by atoms with Crippen LogP contribution in [0.1, 0.15) is 31.2 Å². The summed E-state index contributed by atoms with van der Waals surface area (Å²) in [4.78, 5) is 0. The molecule has 0 saturated heterocycles. The van der Waals surface area contributed by atoms with E-state index >= 15 is 0 Å². The van der Waals surface area contributed by atoms with E-state index in [1.165, 1.54) is 12.0 Å². The van der Waals surface area contributed by atoms with Gasteiger partial charge in [-0.3, -0.25) is 0 Å². The van der Waals surface area contributed by atoms with Gasteiger partial charge >= 0.3 is 0 Å². The average Bonchev–Trinajstić information content (AvgIpc) is 2.62. The Bertz CT molecular complexity index is 297. The van der Waals surface area contributed by atoms with E-state index in [1.54, 1.807) is 11.3 Å². The third kappa shape index (κ3) is 1.63. The number of thiophene rings is 1. The molecule has 1 heterocycles. The Morgan fingerprint density at radius 2 is 2.31 bits per heavy atom. The van der Waals surface area contributed by atoms with Gasteiger partial charge in [-0.15, -0.1) is 11.3 Å². The Labute approximate surface area is 87.9 Å². The summed E-state index contributed by atoms with van der Waals surface area (Å²) in [6.45, 7) is 2.23. The highest BCUT2D eigenvalue weighted by atomic mass is 35.5. The highest BCUT2D eigenvalue weighted by Gasteiger charge is 2.32. The van der Waals surface area contributed by atoms with Crippen molar-refractivity contribution in [2.24, 2.45) is 11.7 Å². The van der Waals surface area contributed by atoms with Crippen LogP contribution in [0.15, 0.2) is 11.4 Å². The Hall–Kier alpha value is -0.0500. The molecule has 1 aromatic heterocycles. The van der Waals surface area contributed by atoms with Crippen LogP contribution < -0.4 is 5.73 Å². The monoisotopic (exact) mass is 215 g/mol. The Balaban J connectivity index is 2.23. The lowest BCUT2D eigenvalue weighted by atomic mass is 9.91. The van der Waals surface area contributed by atoms with Gasteiger partial charge < -0.3 is 5.73 Å². The molecule has 2 N–H and O–H groups in total. The number of rotatable bonds is 1. The van der Waals surface area contributed by atoms with E-state index in [9.17, 15) is 0 Å². The lowest BCUT2D eigenvalue weighted by Gasteiger charge is -2.17. The summed E-state index contributed by atoms with van der Waals surface area (Å²) in [6.07, 6.45) is 2.33. The zero-order valence-corrected chi connectivity index (χ0v) is 9.24. The number of nitrogens with two attached hydrogens (primary N) is 1. The largest absolute Gasteiger partial charge is 0.327 e. The van der Waals surface area contributed by atoms with Crippen LogP contribution in [0.3, 0.4) is 0 Å². The van der Waals surface area contributed by atoms with Crippen LogP contribution in [0.25, 0.3) is 0 Å². The summed E-state index contributed by atoms with van der Waals surface area (Å²) in [6, 6.07) is 2.51. The molecule has 0 aliphatic heterocycles. The maximum absolute atomic E-state index is 6.11. The number of halogens is 1. The van der Waals surface area contributed by atoms with E-state index < -0.39 is 0 Å². The highest BCUT2D eigenvalue weighted by molar-refractivity contribution is 7.14. The second-order valence-electron chi connectivity index (χ2n) is 3.86. The minimum Gasteiger partial charge on any atom is -0.327 e. The predicted molar refractivity (Wildman–Crippen MR) is 58.4 cm³/mol. The van der Waals surface area contributed by atoms with Crippen LogP contribution in [-0.2, 0) is 0 Å². The van der Waals surface area contributed by atoms with Crippen LogP contribution in [0, 0.1) is 5.92 Å². The van der Waals surface area contributed by atoms with Crippen LogP contribution >= 0.6 is 22.9 Å². The highest BCUT2D eigenvalue weighted by Crippen LogP contribution is 2.42. The first-order valence-electron chi connectivity index (χ1n) is 4.68. The first-order chi connectivity index (χ1) is 6.20. The second kappa shape index (κ2) is 3.60. The zero-order valence-electron chi connectivity index (χ0n) is 7.66. The van der Waals surface area contributed by atoms with Crippen molar-refractivity contribution < 1.29 is 0 Å². The summed E-state index contributed by atoms with van der Waals surface area (Å²) >= 11 is 7.73. The van der Waals surface area contributed by atoms with Crippen LogP contribution in [0.2, 0.25) is 4.34 Å². The van der Waals surface area contributed by atoms with Gasteiger partial charge in [0.2, 0.25) is 0 Å². The molecule has 0 radical (unpaired) electrons. The summed E-state index contributed by atoms with van der Waals surface area (Å²) in [5, 5.41) is 2.06. The van der Waals surface area contributed by atoms with Crippen molar-refractivity contribution in [3.8, 4) is 0 Å². The SMILES string of the molecule is CC1C(N)CCC1c1ccsc1Cl. The van der Waals surface area contributed by atoms with E-state index in [0.29, 0.717) is 17.9 Å². The predicted octanol–water partition coefficient (Wildman–Crippen LogP) is 3.24. The fraction of sp³-hybridized carbons (Fsp3) is 0.600. The summed E-state index contributed by atoms with van der Waals surface area (Å²) in [5.74, 6) is 1.17. The molecule has 0 amide bonds. The van der Waals surface area contributed by atoms with Crippen molar-refractivity contribution in [1.82, 2.24) is 0 Å². The van der Waals surface area contributed by atoms with E-state index in [1.807, 2.05) is 0 Å². The van der Waals surface area contributed by atoms with Crippen LogP contribution in [0.4, 0.5) is 0 Å². The van der Waals surface area contributed by atoms with Gasteiger partial charge in [0, 0.05) is 6.04 Å². The minimum absolute atomic E-state index is 0.362. The fourth-order valence-corrected chi connectivity index (χ4v) is 3.25. The number of hydrogen-bond acceptors (Lipinski definition) is 2. The molecule has 1 aliphatic rings. The van der Waals surface area contributed by atoms with Gasteiger partial charge in [-0.2, -0.15) is 0 Å². The molecular formula is C10H14ClNS. The van der Waals surface area contributed by atoms with Gasteiger partial charge in [0.25, 0.3) is 0 Å².